The van der Waals surface area contributed by atoms with E-state index in [1.807, 2.05) is 63.2 Å². The van der Waals surface area contributed by atoms with Crippen molar-refractivity contribution in [2.24, 2.45) is 5.41 Å². The second kappa shape index (κ2) is 15.0. The Hall–Kier alpha value is -3.26. The number of aliphatic carboxylic acids is 1. The Balaban J connectivity index is 1.86. The highest BCUT2D eigenvalue weighted by molar-refractivity contribution is 5.72. The zero-order valence-electron chi connectivity index (χ0n) is 21.8. The Kier molecular flexibility index (Phi) is 12.1. The van der Waals surface area contributed by atoms with Crippen molar-refractivity contribution < 1.29 is 33.6 Å². The summed E-state index contributed by atoms with van der Waals surface area (Å²) < 4.78 is 22.3. The van der Waals surface area contributed by atoms with Crippen LogP contribution in [0.3, 0.4) is 0 Å². The van der Waals surface area contributed by atoms with Crippen molar-refractivity contribution in [3.63, 3.8) is 0 Å². The third kappa shape index (κ3) is 11.4. The molecular weight excluding hydrogens is 462 g/mol. The van der Waals surface area contributed by atoms with E-state index in [9.17, 15) is 14.7 Å². The first-order valence-electron chi connectivity index (χ1n) is 12.3. The number of benzene rings is 2. The van der Waals surface area contributed by atoms with Gasteiger partial charge in [0.2, 0.25) is 0 Å². The van der Waals surface area contributed by atoms with E-state index in [1.54, 1.807) is 24.0 Å². The number of carbonyl (C=O) groups excluding carboxylic acids is 1. The molecule has 0 bridgehead atoms. The maximum Gasteiger partial charge on any atom is 0.409 e. The minimum Gasteiger partial charge on any atom is -0.494 e. The van der Waals surface area contributed by atoms with E-state index < -0.39 is 12.1 Å². The normalized spacial score (nSPS) is 12.0. The van der Waals surface area contributed by atoms with E-state index in [4.69, 9.17) is 18.9 Å². The summed E-state index contributed by atoms with van der Waals surface area (Å²) in [6, 6.07) is 16.8. The van der Waals surface area contributed by atoms with Crippen molar-refractivity contribution in [2.75, 3.05) is 39.5 Å². The average molecular weight is 502 g/mol. The number of carboxylic acid groups (broad SMARTS) is 1. The molecule has 1 atom stereocenters. The monoisotopic (exact) mass is 501 g/mol. The molecule has 8 nitrogen and oxygen atoms in total. The summed E-state index contributed by atoms with van der Waals surface area (Å²) >= 11 is 0. The molecule has 0 radical (unpaired) electrons. The van der Waals surface area contributed by atoms with Gasteiger partial charge in [0.05, 0.1) is 19.8 Å². The van der Waals surface area contributed by atoms with Gasteiger partial charge in [0.25, 0.3) is 0 Å². The van der Waals surface area contributed by atoms with E-state index in [1.165, 1.54) is 0 Å². The molecule has 2 rings (SSSR count). The molecule has 198 valence electrons. The Morgan fingerprint density at radius 1 is 0.917 bits per heavy atom. The van der Waals surface area contributed by atoms with Crippen LogP contribution in [-0.2, 0) is 20.7 Å². The topological polar surface area (TPSA) is 94.5 Å². The predicted octanol–water partition coefficient (Wildman–Crippen LogP) is 5.05. The van der Waals surface area contributed by atoms with Gasteiger partial charge in [0.15, 0.2) is 6.10 Å². The first kappa shape index (κ1) is 29.0. The second-order valence-corrected chi connectivity index (χ2v) is 9.60. The quantitative estimate of drug-likeness (QED) is 0.341. The number of para-hydroxylation sites is 1. The van der Waals surface area contributed by atoms with Crippen molar-refractivity contribution >= 4 is 12.1 Å². The number of amides is 1. The molecule has 0 saturated carbocycles. The molecule has 1 N–H and O–H groups in total. The van der Waals surface area contributed by atoms with Crippen LogP contribution in [0.2, 0.25) is 0 Å². The van der Waals surface area contributed by atoms with Crippen LogP contribution in [0.5, 0.6) is 11.5 Å². The minimum absolute atomic E-state index is 0.127. The van der Waals surface area contributed by atoms with Crippen molar-refractivity contribution in [1.82, 2.24) is 4.90 Å². The van der Waals surface area contributed by atoms with Gasteiger partial charge < -0.3 is 29.0 Å². The van der Waals surface area contributed by atoms with Gasteiger partial charge in [0, 0.05) is 19.6 Å². The number of carbonyl (C=O) groups is 2. The average Bonchev–Trinajstić information content (AvgIpc) is 2.84. The number of hydrogen-bond acceptors (Lipinski definition) is 6. The van der Waals surface area contributed by atoms with Crippen LogP contribution in [0, 0.1) is 5.41 Å². The molecule has 0 aliphatic carbocycles. The number of carboxylic acids is 1. The molecule has 1 amide bonds. The Labute approximate surface area is 214 Å². The van der Waals surface area contributed by atoms with Crippen molar-refractivity contribution in [1.29, 1.82) is 0 Å². The minimum atomic E-state index is -0.982. The van der Waals surface area contributed by atoms with Crippen LogP contribution in [0.15, 0.2) is 54.6 Å². The lowest BCUT2D eigenvalue weighted by atomic mass is 9.99. The molecule has 0 aliphatic heterocycles. The maximum atomic E-state index is 12.7. The van der Waals surface area contributed by atoms with Gasteiger partial charge in [-0.1, -0.05) is 51.1 Å². The number of ether oxygens (including phenoxy) is 4. The highest BCUT2D eigenvalue weighted by atomic mass is 16.6. The van der Waals surface area contributed by atoms with Gasteiger partial charge >= 0.3 is 12.1 Å². The van der Waals surface area contributed by atoms with Gasteiger partial charge in [-0.15, -0.1) is 0 Å². The lowest BCUT2D eigenvalue weighted by Crippen LogP contribution is -2.37. The molecule has 0 aliphatic rings. The molecule has 8 heteroatoms. The van der Waals surface area contributed by atoms with Gasteiger partial charge in [-0.05, 0) is 48.6 Å². The SMILES string of the molecule is CCOC(Cc1ccc(OCCN(CCCOc2ccccc2)C(=O)OCC(C)(C)C)cc1)C(=O)O. The molecule has 2 aromatic carbocycles. The van der Waals surface area contributed by atoms with Gasteiger partial charge in [0.1, 0.15) is 18.1 Å². The molecular formula is C28H39NO7. The summed E-state index contributed by atoms with van der Waals surface area (Å²) in [7, 11) is 0. The summed E-state index contributed by atoms with van der Waals surface area (Å²) in [5, 5.41) is 9.25. The summed E-state index contributed by atoms with van der Waals surface area (Å²) in [6.07, 6.45) is -0.319. The van der Waals surface area contributed by atoms with E-state index >= 15 is 0 Å². The van der Waals surface area contributed by atoms with Gasteiger partial charge in [-0.25, -0.2) is 9.59 Å². The lowest BCUT2D eigenvalue weighted by molar-refractivity contribution is -0.149. The Bertz CT molecular complexity index is 910. The predicted molar refractivity (Wildman–Crippen MR) is 138 cm³/mol. The zero-order valence-corrected chi connectivity index (χ0v) is 21.8. The van der Waals surface area contributed by atoms with Crippen LogP contribution in [0.1, 0.15) is 39.7 Å². The largest absolute Gasteiger partial charge is 0.494 e. The third-order valence-corrected chi connectivity index (χ3v) is 5.09. The fraction of sp³-hybridized carbons (Fsp3) is 0.500. The van der Waals surface area contributed by atoms with Gasteiger partial charge in [-0.2, -0.15) is 0 Å². The smallest absolute Gasteiger partial charge is 0.409 e. The maximum absolute atomic E-state index is 12.7. The molecule has 2 aromatic rings. The van der Waals surface area contributed by atoms with Crippen molar-refractivity contribution in [3.05, 3.63) is 60.2 Å². The summed E-state index contributed by atoms with van der Waals surface area (Å²) in [4.78, 5) is 25.6. The van der Waals surface area contributed by atoms with Crippen LogP contribution >= 0.6 is 0 Å². The van der Waals surface area contributed by atoms with Crippen molar-refractivity contribution in [3.8, 4) is 11.5 Å². The number of hydrogen-bond donors (Lipinski definition) is 1. The molecule has 0 heterocycles. The summed E-state index contributed by atoms with van der Waals surface area (Å²) in [6.45, 7) is 10.1. The molecule has 0 aromatic heterocycles. The second-order valence-electron chi connectivity index (χ2n) is 9.60. The lowest BCUT2D eigenvalue weighted by Gasteiger charge is -2.25. The Morgan fingerprint density at radius 3 is 2.17 bits per heavy atom. The van der Waals surface area contributed by atoms with E-state index in [0.29, 0.717) is 51.7 Å². The fourth-order valence-corrected chi connectivity index (χ4v) is 3.25. The van der Waals surface area contributed by atoms with Crippen LogP contribution in [0.4, 0.5) is 4.79 Å². The van der Waals surface area contributed by atoms with E-state index in [0.717, 1.165) is 11.3 Å². The highest BCUT2D eigenvalue weighted by Crippen LogP contribution is 2.16. The third-order valence-electron chi connectivity index (χ3n) is 5.09. The van der Waals surface area contributed by atoms with Gasteiger partial charge in [-0.3, -0.25) is 0 Å². The van der Waals surface area contributed by atoms with Crippen LogP contribution in [0.25, 0.3) is 0 Å². The molecule has 0 spiro atoms. The van der Waals surface area contributed by atoms with E-state index in [2.05, 4.69) is 0 Å². The van der Waals surface area contributed by atoms with Crippen LogP contribution in [-0.4, -0.2) is 67.7 Å². The van der Waals surface area contributed by atoms with Crippen LogP contribution < -0.4 is 9.47 Å². The molecule has 1 unspecified atom stereocenters. The fourth-order valence-electron chi connectivity index (χ4n) is 3.25. The molecule has 0 saturated heterocycles. The number of rotatable bonds is 15. The first-order chi connectivity index (χ1) is 17.2. The van der Waals surface area contributed by atoms with Crippen molar-refractivity contribution in [2.45, 2.75) is 46.6 Å². The first-order valence-corrected chi connectivity index (χ1v) is 12.3. The number of nitrogens with zero attached hydrogens (tertiary/aromatic N) is 1. The summed E-state index contributed by atoms with van der Waals surface area (Å²) in [5.74, 6) is 0.448. The standard InChI is InChI=1S/C28H39NO7/c1-5-33-25(26(30)31)20-22-12-14-24(15-13-22)35-19-17-29(27(32)36-21-28(2,3)4)16-9-18-34-23-10-7-6-8-11-23/h6-8,10-15,25H,5,9,16-21H2,1-4H3,(H,30,31). The molecule has 36 heavy (non-hydrogen) atoms. The molecule has 0 fully saturated rings. The zero-order chi connectivity index (χ0) is 26.4. The Morgan fingerprint density at radius 2 is 1.56 bits per heavy atom. The highest BCUT2D eigenvalue weighted by Gasteiger charge is 2.20. The summed E-state index contributed by atoms with van der Waals surface area (Å²) in [5.41, 5.74) is 0.714. The van der Waals surface area contributed by atoms with E-state index in [-0.39, 0.29) is 17.9 Å².